The number of hydrogen-bond donors (Lipinski definition) is 3. The summed E-state index contributed by atoms with van der Waals surface area (Å²) in [5, 5.41) is 9.55. The molecular weight excluding hydrogens is 418 g/mol. The highest BCUT2D eigenvalue weighted by Gasteiger charge is 2.16. The molecule has 0 aliphatic heterocycles. The molecule has 0 saturated heterocycles. The molecule has 3 rings (SSSR count). The number of benzene rings is 3. The first kappa shape index (κ1) is 27.0. The minimum absolute atomic E-state index is 0.234. The number of para-hydroxylation sites is 1. The van der Waals surface area contributed by atoms with E-state index in [9.17, 15) is 4.79 Å². The van der Waals surface area contributed by atoms with Gasteiger partial charge in [-0.25, -0.2) is 4.79 Å². The molecule has 4 nitrogen and oxygen atoms in total. The molecule has 0 aliphatic rings. The lowest BCUT2D eigenvalue weighted by molar-refractivity contribution is 0.262. The van der Waals surface area contributed by atoms with Crippen LogP contribution in [0.5, 0.6) is 0 Å². The topological polar surface area (TPSA) is 53.2 Å². The fourth-order valence-corrected chi connectivity index (χ4v) is 3.81. The van der Waals surface area contributed by atoms with Crippen LogP contribution in [0.15, 0.2) is 72.8 Å². The molecule has 0 radical (unpaired) electrons. The minimum atomic E-state index is -0.234. The molecule has 2 amide bonds. The van der Waals surface area contributed by atoms with Gasteiger partial charge in [-0.15, -0.1) is 0 Å². The van der Waals surface area contributed by atoms with Gasteiger partial charge in [-0.2, -0.15) is 0 Å². The SMILES string of the molecule is CC.CCC(C)C(CCc1ccc(NC(=O)Nc2cccc(C)c2)cc1)Nc1ccccc1C. The lowest BCUT2D eigenvalue weighted by Crippen LogP contribution is -2.28. The zero-order valence-corrected chi connectivity index (χ0v) is 21.6. The Kier molecular flexibility index (Phi) is 11.2. The van der Waals surface area contributed by atoms with Crippen molar-refractivity contribution in [1.29, 1.82) is 0 Å². The average molecular weight is 460 g/mol. The summed E-state index contributed by atoms with van der Waals surface area (Å²) in [7, 11) is 0. The fraction of sp³-hybridized carbons (Fsp3) is 0.367. The minimum Gasteiger partial charge on any atom is -0.382 e. The standard InChI is InChI=1S/C28H35N3O.C2H6/c1-5-21(3)27(31-26-12-7-6-10-22(26)4)18-15-23-13-16-24(17-14-23)29-28(32)30-25-11-8-9-20(2)19-25;1-2/h6-14,16-17,19,21,27,31H,5,15,18H2,1-4H3,(H2,29,30,32);1-2H3. The lowest BCUT2D eigenvalue weighted by atomic mass is 9.92. The normalized spacial score (nSPS) is 12.1. The van der Waals surface area contributed by atoms with Crippen LogP contribution in [0.1, 0.15) is 57.2 Å². The van der Waals surface area contributed by atoms with Crippen molar-refractivity contribution >= 4 is 23.1 Å². The molecule has 2 unspecified atom stereocenters. The zero-order chi connectivity index (χ0) is 24.9. The summed E-state index contributed by atoms with van der Waals surface area (Å²) in [6.45, 7) is 12.7. The Morgan fingerprint density at radius 3 is 2.18 bits per heavy atom. The number of amides is 2. The van der Waals surface area contributed by atoms with Crippen LogP contribution in [0, 0.1) is 19.8 Å². The molecule has 3 aromatic carbocycles. The van der Waals surface area contributed by atoms with Gasteiger partial charge in [-0.3, -0.25) is 0 Å². The third-order valence-corrected chi connectivity index (χ3v) is 6.05. The second-order valence-corrected chi connectivity index (χ2v) is 8.64. The fourth-order valence-electron chi connectivity index (χ4n) is 3.81. The van der Waals surface area contributed by atoms with Crippen LogP contribution >= 0.6 is 0 Å². The van der Waals surface area contributed by atoms with E-state index < -0.39 is 0 Å². The van der Waals surface area contributed by atoms with Crippen LogP contribution in [0.3, 0.4) is 0 Å². The summed E-state index contributed by atoms with van der Waals surface area (Å²) in [5.41, 5.74) is 6.46. The van der Waals surface area contributed by atoms with Crippen molar-refractivity contribution in [2.24, 2.45) is 5.92 Å². The summed E-state index contributed by atoms with van der Waals surface area (Å²) in [5.74, 6) is 0.584. The highest BCUT2D eigenvalue weighted by molar-refractivity contribution is 5.99. The Morgan fingerprint density at radius 2 is 1.53 bits per heavy atom. The van der Waals surface area contributed by atoms with Crippen molar-refractivity contribution in [2.75, 3.05) is 16.0 Å². The van der Waals surface area contributed by atoms with E-state index >= 15 is 0 Å². The monoisotopic (exact) mass is 459 g/mol. The average Bonchev–Trinajstić information content (AvgIpc) is 2.84. The molecule has 0 fully saturated rings. The maximum atomic E-state index is 12.3. The van der Waals surface area contributed by atoms with Crippen LogP contribution < -0.4 is 16.0 Å². The van der Waals surface area contributed by atoms with E-state index in [0.29, 0.717) is 12.0 Å². The third-order valence-electron chi connectivity index (χ3n) is 6.05. The van der Waals surface area contributed by atoms with Crippen LogP contribution in [0.2, 0.25) is 0 Å². The summed E-state index contributed by atoms with van der Waals surface area (Å²) in [6.07, 6.45) is 3.19. The lowest BCUT2D eigenvalue weighted by Gasteiger charge is -2.26. The molecule has 4 heteroatoms. The number of carbonyl (C=O) groups is 1. The first-order valence-corrected chi connectivity index (χ1v) is 12.5. The Bertz CT molecular complexity index is 1010. The first-order valence-electron chi connectivity index (χ1n) is 12.5. The maximum absolute atomic E-state index is 12.3. The number of nitrogens with one attached hydrogen (secondary N) is 3. The van der Waals surface area contributed by atoms with E-state index in [2.05, 4.69) is 73.1 Å². The van der Waals surface area contributed by atoms with E-state index in [1.165, 1.54) is 16.8 Å². The van der Waals surface area contributed by atoms with Gasteiger partial charge >= 0.3 is 6.03 Å². The van der Waals surface area contributed by atoms with Crippen molar-refractivity contribution < 1.29 is 4.79 Å². The Labute approximate surface area is 206 Å². The molecule has 2 atom stereocenters. The van der Waals surface area contributed by atoms with E-state index in [-0.39, 0.29) is 6.03 Å². The number of anilines is 3. The van der Waals surface area contributed by atoms with E-state index in [0.717, 1.165) is 36.2 Å². The van der Waals surface area contributed by atoms with Gasteiger partial charge < -0.3 is 16.0 Å². The first-order chi connectivity index (χ1) is 16.4. The van der Waals surface area contributed by atoms with Gasteiger partial charge in [0.1, 0.15) is 0 Å². The summed E-state index contributed by atoms with van der Waals surface area (Å²) in [4.78, 5) is 12.3. The molecule has 0 saturated carbocycles. The quantitative estimate of drug-likeness (QED) is 0.301. The van der Waals surface area contributed by atoms with Crippen molar-refractivity contribution in [3.05, 3.63) is 89.5 Å². The summed E-state index contributed by atoms with van der Waals surface area (Å²) >= 11 is 0. The molecule has 0 heterocycles. The predicted molar refractivity (Wildman–Crippen MR) is 148 cm³/mol. The van der Waals surface area contributed by atoms with Crippen LogP contribution in [-0.2, 0) is 6.42 Å². The molecule has 34 heavy (non-hydrogen) atoms. The van der Waals surface area contributed by atoms with Crippen LogP contribution in [0.25, 0.3) is 0 Å². The van der Waals surface area contributed by atoms with Gasteiger partial charge in [0.15, 0.2) is 0 Å². The number of hydrogen-bond acceptors (Lipinski definition) is 2. The van der Waals surface area contributed by atoms with Crippen LogP contribution in [0.4, 0.5) is 21.9 Å². The van der Waals surface area contributed by atoms with Crippen molar-refractivity contribution in [1.82, 2.24) is 0 Å². The van der Waals surface area contributed by atoms with Gasteiger partial charge in [-0.05, 0) is 79.6 Å². The number of rotatable bonds is 9. The van der Waals surface area contributed by atoms with Gasteiger partial charge in [0.25, 0.3) is 0 Å². The zero-order valence-electron chi connectivity index (χ0n) is 21.6. The smallest absolute Gasteiger partial charge is 0.323 e. The number of carbonyl (C=O) groups excluding carboxylic acids is 1. The number of aryl methyl sites for hydroxylation is 3. The molecule has 0 aromatic heterocycles. The van der Waals surface area contributed by atoms with Crippen molar-refractivity contribution in [3.8, 4) is 0 Å². The van der Waals surface area contributed by atoms with Gasteiger partial charge in [-0.1, -0.05) is 76.6 Å². The van der Waals surface area contributed by atoms with Gasteiger partial charge in [0.05, 0.1) is 0 Å². The largest absolute Gasteiger partial charge is 0.382 e. The van der Waals surface area contributed by atoms with E-state index in [4.69, 9.17) is 0 Å². The van der Waals surface area contributed by atoms with Crippen molar-refractivity contribution in [3.63, 3.8) is 0 Å². The predicted octanol–water partition coefficient (Wildman–Crippen LogP) is 8.43. The summed E-state index contributed by atoms with van der Waals surface area (Å²) in [6, 6.07) is 24.6. The molecular formula is C30H41N3O. The molecule has 0 bridgehead atoms. The number of urea groups is 1. The molecule has 3 N–H and O–H groups in total. The Hall–Kier alpha value is -3.27. The van der Waals surface area contributed by atoms with E-state index in [1.807, 2.05) is 57.2 Å². The molecule has 3 aromatic rings. The van der Waals surface area contributed by atoms with Gasteiger partial charge in [0.2, 0.25) is 0 Å². The molecule has 0 aliphatic carbocycles. The van der Waals surface area contributed by atoms with E-state index in [1.54, 1.807) is 0 Å². The molecule has 0 spiro atoms. The third kappa shape index (κ3) is 8.58. The highest BCUT2D eigenvalue weighted by atomic mass is 16.2. The second kappa shape index (κ2) is 14.1. The maximum Gasteiger partial charge on any atom is 0.323 e. The molecule has 182 valence electrons. The summed E-state index contributed by atoms with van der Waals surface area (Å²) < 4.78 is 0. The second-order valence-electron chi connectivity index (χ2n) is 8.64. The Balaban J connectivity index is 0.00000199. The van der Waals surface area contributed by atoms with Crippen LogP contribution in [-0.4, -0.2) is 12.1 Å². The highest BCUT2D eigenvalue weighted by Crippen LogP contribution is 2.22. The Morgan fingerprint density at radius 1 is 0.853 bits per heavy atom. The van der Waals surface area contributed by atoms with Gasteiger partial charge in [0, 0.05) is 23.1 Å². The van der Waals surface area contributed by atoms with Crippen molar-refractivity contribution in [2.45, 2.75) is 66.8 Å².